The maximum atomic E-state index is 10.7. The van der Waals surface area contributed by atoms with Gasteiger partial charge in [0.1, 0.15) is 6.15 Å². The molecule has 0 unspecified atom stereocenters. The van der Waals surface area contributed by atoms with Crippen molar-refractivity contribution in [1.29, 1.82) is 0 Å². The van der Waals surface area contributed by atoms with E-state index in [9.17, 15) is 10.2 Å². The number of aliphatic imine (C=N–C) groups is 2. The first-order valence-corrected chi connectivity index (χ1v) is 13.9. The summed E-state index contributed by atoms with van der Waals surface area (Å²) >= 11 is 0. The van der Waals surface area contributed by atoms with Crippen molar-refractivity contribution in [2.24, 2.45) is 9.98 Å². The second kappa shape index (κ2) is 20.7. The Labute approximate surface area is 273 Å². The van der Waals surface area contributed by atoms with Crippen molar-refractivity contribution < 1.29 is 27.0 Å². The van der Waals surface area contributed by atoms with E-state index in [0.717, 1.165) is 0 Å². The first kappa shape index (κ1) is 39.8. The van der Waals surface area contributed by atoms with Gasteiger partial charge in [-0.1, -0.05) is 147 Å². The summed E-state index contributed by atoms with van der Waals surface area (Å²) in [5.41, 5.74) is 6.77. The zero-order valence-corrected chi connectivity index (χ0v) is 27.2. The number of hydrogen-bond acceptors (Lipinski definition) is 6. The molecule has 4 rings (SSSR count). The van der Waals surface area contributed by atoms with E-state index in [2.05, 4.69) is 131 Å². The third-order valence-corrected chi connectivity index (χ3v) is 6.84. The third kappa shape index (κ3) is 11.5. The molecule has 4 aromatic rings. The minimum Gasteiger partial charge on any atom is -0.876 e. The van der Waals surface area contributed by atoms with Crippen LogP contribution in [-0.2, 0) is 16.8 Å². The Hall–Kier alpha value is -4.21. The normalized spacial score (nSPS) is 12.0. The van der Waals surface area contributed by atoms with Crippen molar-refractivity contribution >= 4 is 39.4 Å². The van der Waals surface area contributed by atoms with E-state index < -0.39 is 6.15 Å². The monoisotopic (exact) mass is 634 g/mol. The second-order valence-electron chi connectivity index (χ2n) is 10.1. The molecule has 0 bridgehead atoms. The van der Waals surface area contributed by atoms with Crippen molar-refractivity contribution in [2.75, 3.05) is 13.1 Å². The molecule has 0 saturated carbocycles. The topological polar surface area (TPSA) is 141 Å². The van der Waals surface area contributed by atoms with Crippen LogP contribution < -0.4 is 44.4 Å². The number of hydrogen-bond donors (Lipinski definition) is 2. The van der Waals surface area contributed by atoms with Crippen LogP contribution in [0.15, 0.2) is 155 Å². The van der Waals surface area contributed by atoms with Crippen LogP contribution in [0, 0.1) is 0 Å². The van der Waals surface area contributed by atoms with Crippen LogP contribution in [0.3, 0.4) is 0 Å². The fraction of sp³-hybridized carbons (Fsp3) is 0.167. The van der Waals surface area contributed by atoms with Gasteiger partial charge in [-0.2, -0.15) is 21.9 Å². The molecule has 4 aromatic carbocycles. The van der Waals surface area contributed by atoms with Crippen LogP contribution in [0.1, 0.15) is 27.7 Å². The summed E-state index contributed by atoms with van der Waals surface area (Å²) in [5, 5.41) is 21.4. The summed E-state index contributed by atoms with van der Waals surface area (Å²) in [6, 6.07) is 43.5. The van der Waals surface area contributed by atoms with E-state index in [1.165, 1.54) is 47.9 Å². The van der Waals surface area contributed by atoms with Gasteiger partial charge in [0.2, 0.25) is 0 Å². The molecule has 6 nitrogen and oxygen atoms in total. The van der Waals surface area contributed by atoms with Crippen LogP contribution in [0.4, 0.5) is 0 Å². The summed E-state index contributed by atoms with van der Waals surface area (Å²) in [4.78, 5) is 8.30. The van der Waals surface area contributed by atoms with Crippen molar-refractivity contribution in [3.63, 3.8) is 0 Å². The minimum absolute atomic E-state index is 0. The molecule has 232 valence electrons. The maximum Gasteiger partial charge on any atom is 3.00 e. The van der Waals surface area contributed by atoms with Gasteiger partial charge in [0.05, 0.1) is 13.1 Å². The first-order chi connectivity index (χ1) is 19.8. The number of benzene rings is 4. The van der Waals surface area contributed by atoms with Gasteiger partial charge in [-0.05, 0) is 13.8 Å². The summed E-state index contributed by atoms with van der Waals surface area (Å²) in [5.74, 6) is -0.0170. The molecule has 0 fully saturated rings. The van der Waals surface area contributed by atoms with Crippen molar-refractivity contribution in [2.45, 2.75) is 27.7 Å². The maximum absolute atomic E-state index is 10.7. The van der Waals surface area contributed by atoms with Crippen molar-refractivity contribution in [3.8, 4) is 0 Å². The zero-order valence-electron chi connectivity index (χ0n) is 26.2. The van der Waals surface area contributed by atoms with Crippen molar-refractivity contribution in [1.82, 2.24) is 12.3 Å². The van der Waals surface area contributed by atoms with Gasteiger partial charge in [-0.3, -0.25) is 9.98 Å². The van der Waals surface area contributed by atoms with Crippen LogP contribution in [0.25, 0.3) is 0 Å². The summed E-state index contributed by atoms with van der Waals surface area (Å²) in [7, 11) is 0. The molecule has 0 aromatic heterocycles. The van der Waals surface area contributed by atoms with Gasteiger partial charge in [0, 0.05) is 11.4 Å². The largest absolute Gasteiger partial charge is 3.00 e. The number of rotatable bonds is 9. The van der Waals surface area contributed by atoms with Crippen molar-refractivity contribution in [3.05, 3.63) is 145 Å². The molecule has 0 aliphatic rings. The van der Waals surface area contributed by atoms with E-state index in [1.807, 2.05) is 0 Å². The average Bonchev–Trinajstić information content (AvgIpc) is 2.98. The molecule has 0 aliphatic heterocycles. The van der Waals surface area contributed by atoms with Crippen LogP contribution in [-0.4, -0.2) is 30.7 Å². The Kier molecular flexibility index (Phi) is 18.7. The van der Waals surface area contributed by atoms with E-state index in [-0.39, 0.29) is 40.6 Å². The molecule has 0 saturated heterocycles. The predicted octanol–water partition coefficient (Wildman–Crippen LogP) is 3.82. The standard InChI is InChI=1S/C24H20B.C12H20N2O2.Co.2H3N/c1-5-13-21(14-6-1)25(22-15-7-2-8-16-22,23-17-9-3-10-18-23)24-19-11-4-12-20-24;1-9(7-11(3)15)13-5-6-14-10(2)8-12(4)16;;;/h1-20H;7-8,15-16H,5-6H2,1-4H3;;2*1H3/q-1;;+3;;/p-2/b;11-7-,12-8-,13-9?,14-10?;;;. The van der Waals surface area contributed by atoms with Crippen LogP contribution >= 0.6 is 0 Å². The summed E-state index contributed by atoms with van der Waals surface area (Å²) < 4.78 is 0. The molecular formula is C36H44BCoN4O2. The van der Waals surface area contributed by atoms with Crippen LogP contribution in [0.2, 0.25) is 0 Å². The first-order valence-electron chi connectivity index (χ1n) is 13.9. The van der Waals surface area contributed by atoms with E-state index in [1.54, 1.807) is 13.8 Å². The molecule has 0 atom stereocenters. The zero-order chi connectivity index (χ0) is 29.5. The molecule has 0 radical (unpaired) electrons. The van der Waals surface area contributed by atoms with Gasteiger partial charge in [0.25, 0.3) is 0 Å². The smallest absolute Gasteiger partial charge is 0.876 e. The van der Waals surface area contributed by atoms with Gasteiger partial charge < -0.3 is 22.5 Å². The van der Waals surface area contributed by atoms with Gasteiger partial charge in [-0.25, -0.2) is 0 Å². The van der Waals surface area contributed by atoms with Gasteiger partial charge >= 0.3 is 16.8 Å². The van der Waals surface area contributed by atoms with Gasteiger partial charge in [0.15, 0.2) is 0 Å². The quantitative estimate of drug-likeness (QED) is 0.125. The Morgan fingerprint density at radius 2 is 0.727 bits per heavy atom. The van der Waals surface area contributed by atoms with Crippen LogP contribution in [0.5, 0.6) is 0 Å². The molecule has 8 heteroatoms. The number of allylic oxidation sites excluding steroid dienone is 4. The second-order valence-corrected chi connectivity index (χ2v) is 10.1. The van der Waals surface area contributed by atoms with Gasteiger partial charge in [-0.15, -0.1) is 11.5 Å². The summed E-state index contributed by atoms with van der Waals surface area (Å²) in [6.07, 6.45) is 1.75. The molecule has 0 amide bonds. The SMILES string of the molecule is CC(/C=C(/C)[O-])=NCCN=C(C)/C=C(/C)[O-].N.N.[Co+3].c1ccc([B-](c2ccccc2)(c2ccccc2)c2ccccc2)cc1. The number of nitrogens with zero attached hydrogens (tertiary/aromatic N) is 2. The third-order valence-electron chi connectivity index (χ3n) is 6.84. The predicted molar refractivity (Wildman–Crippen MR) is 184 cm³/mol. The van der Waals surface area contributed by atoms with E-state index >= 15 is 0 Å². The molecule has 6 N–H and O–H groups in total. The molecular weight excluding hydrogens is 590 g/mol. The molecule has 0 spiro atoms. The molecule has 44 heavy (non-hydrogen) atoms. The average molecular weight is 635 g/mol. The van der Waals surface area contributed by atoms with E-state index in [0.29, 0.717) is 24.5 Å². The minimum atomic E-state index is -1.22. The molecule has 0 heterocycles. The molecule has 0 aliphatic carbocycles. The fourth-order valence-corrected chi connectivity index (χ4v) is 5.25. The Balaban J connectivity index is 0.000000864. The Morgan fingerprint density at radius 3 is 0.932 bits per heavy atom. The Morgan fingerprint density at radius 1 is 0.500 bits per heavy atom. The summed E-state index contributed by atoms with van der Waals surface area (Å²) in [6.45, 7) is 7.59. The van der Waals surface area contributed by atoms with E-state index in [4.69, 9.17) is 0 Å². The fourth-order valence-electron chi connectivity index (χ4n) is 5.25. The Bertz CT molecular complexity index is 1270.